The summed E-state index contributed by atoms with van der Waals surface area (Å²) in [5.41, 5.74) is 0. The summed E-state index contributed by atoms with van der Waals surface area (Å²) in [6.45, 7) is 4.74. The number of nitrogens with zero attached hydrogens (tertiary/aromatic N) is 4. The quantitative estimate of drug-likeness (QED) is 0.689. The molecule has 1 atom stereocenters. The van der Waals surface area contributed by atoms with E-state index in [0.717, 1.165) is 18.7 Å². The maximum atomic E-state index is 13.1. The van der Waals surface area contributed by atoms with Crippen LogP contribution in [0.3, 0.4) is 0 Å². The van der Waals surface area contributed by atoms with E-state index in [1.807, 2.05) is 19.1 Å². The normalized spacial score (nSPS) is 22.1. The lowest BCUT2D eigenvalue weighted by Gasteiger charge is -2.40. The Morgan fingerprint density at radius 1 is 1.19 bits per heavy atom. The van der Waals surface area contributed by atoms with Gasteiger partial charge < -0.3 is 9.80 Å². The van der Waals surface area contributed by atoms with Gasteiger partial charge in [0.05, 0.1) is 5.75 Å². The van der Waals surface area contributed by atoms with E-state index in [1.54, 1.807) is 11.0 Å². The second kappa shape index (κ2) is 8.75. The molecule has 0 spiro atoms. The molecule has 27 heavy (non-hydrogen) atoms. The Morgan fingerprint density at radius 3 is 2.59 bits per heavy atom. The van der Waals surface area contributed by atoms with Crippen LogP contribution in [-0.4, -0.2) is 73.0 Å². The maximum absolute atomic E-state index is 13.1. The number of pyridine rings is 1. The summed E-state index contributed by atoms with van der Waals surface area (Å²) in [7, 11) is -3.37. The van der Waals surface area contributed by atoms with Gasteiger partial charge in [-0.2, -0.15) is 4.31 Å². The Bertz CT molecular complexity index is 766. The van der Waals surface area contributed by atoms with E-state index in [2.05, 4.69) is 9.88 Å². The van der Waals surface area contributed by atoms with Crippen molar-refractivity contribution in [3.8, 4) is 0 Å². The van der Waals surface area contributed by atoms with E-state index in [4.69, 9.17) is 11.6 Å². The van der Waals surface area contributed by atoms with Gasteiger partial charge in [-0.1, -0.05) is 31.0 Å². The van der Waals surface area contributed by atoms with Crippen LogP contribution in [0.5, 0.6) is 0 Å². The Kier molecular flexibility index (Phi) is 6.60. The van der Waals surface area contributed by atoms with Crippen LogP contribution in [-0.2, 0) is 14.8 Å². The van der Waals surface area contributed by atoms with Gasteiger partial charge in [0, 0.05) is 32.7 Å². The van der Waals surface area contributed by atoms with Crippen molar-refractivity contribution in [1.82, 2.24) is 14.2 Å². The molecule has 7 nitrogen and oxygen atoms in total. The minimum atomic E-state index is -3.37. The van der Waals surface area contributed by atoms with Gasteiger partial charge in [-0.05, 0) is 31.4 Å². The average Bonchev–Trinajstić information content (AvgIpc) is 2.67. The van der Waals surface area contributed by atoms with Gasteiger partial charge in [0.25, 0.3) is 0 Å². The van der Waals surface area contributed by atoms with E-state index in [-0.39, 0.29) is 11.7 Å². The third-order valence-corrected chi connectivity index (χ3v) is 7.46. The third-order valence-electron chi connectivity index (χ3n) is 5.17. The molecule has 0 saturated carbocycles. The summed E-state index contributed by atoms with van der Waals surface area (Å²) in [5.74, 6) is 0.845. The Morgan fingerprint density at radius 2 is 1.93 bits per heavy atom. The van der Waals surface area contributed by atoms with Gasteiger partial charge in [-0.15, -0.1) is 0 Å². The topological polar surface area (TPSA) is 73.8 Å². The number of sulfonamides is 1. The minimum absolute atomic E-state index is 0.0620. The summed E-state index contributed by atoms with van der Waals surface area (Å²) in [6.07, 6.45) is 2.88. The van der Waals surface area contributed by atoms with Crippen LogP contribution in [0.1, 0.15) is 32.6 Å². The van der Waals surface area contributed by atoms with E-state index in [0.29, 0.717) is 50.7 Å². The minimum Gasteiger partial charge on any atom is -0.353 e. The van der Waals surface area contributed by atoms with Gasteiger partial charge in [0.2, 0.25) is 15.9 Å². The number of hydrogen-bond acceptors (Lipinski definition) is 5. The van der Waals surface area contributed by atoms with Crippen LogP contribution < -0.4 is 4.90 Å². The molecule has 3 rings (SSSR count). The van der Waals surface area contributed by atoms with Crippen molar-refractivity contribution in [2.24, 2.45) is 0 Å². The molecule has 0 aliphatic carbocycles. The monoisotopic (exact) mass is 414 g/mol. The van der Waals surface area contributed by atoms with Crippen LogP contribution in [0.4, 0.5) is 5.82 Å². The molecule has 1 aromatic rings. The van der Waals surface area contributed by atoms with Crippen molar-refractivity contribution >= 4 is 33.3 Å². The predicted molar refractivity (Wildman–Crippen MR) is 106 cm³/mol. The number of anilines is 1. The lowest BCUT2D eigenvalue weighted by molar-refractivity contribution is -0.136. The lowest BCUT2D eigenvalue weighted by atomic mass is 10.0. The zero-order valence-corrected chi connectivity index (χ0v) is 17.3. The molecule has 150 valence electrons. The summed E-state index contributed by atoms with van der Waals surface area (Å²) >= 11 is 5.96. The van der Waals surface area contributed by atoms with Crippen LogP contribution in [0, 0.1) is 0 Å². The number of amides is 1. The van der Waals surface area contributed by atoms with E-state index in [9.17, 15) is 13.2 Å². The molecule has 1 amide bonds. The SMILES string of the molecule is CCCS(=O)(=O)N1CCCCC1C(=O)N1CCN(c2cccc(Cl)n2)CC1. The van der Waals surface area contributed by atoms with Crippen LogP contribution >= 0.6 is 11.6 Å². The van der Waals surface area contributed by atoms with Gasteiger partial charge >= 0.3 is 0 Å². The number of carbonyl (C=O) groups excluding carboxylic acids is 1. The number of piperidine rings is 1. The van der Waals surface area contributed by atoms with E-state index in [1.165, 1.54) is 4.31 Å². The predicted octanol–water partition coefficient (Wildman–Crippen LogP) is 1.98. The molecule has 0 radical (unpaired) electrons. The van der Waals surface area contributed by atoms with Crippen LogP contribution in [0.2, 0.25) is 5.15 Å². The molecular formula is C18H27ClN4O3S. The number of hydrogen-bond donors (Lipinski definition) is 0. The third kappa shape index (κ3) is 4.73. The first-order valence-corrected chi connectivity index (χ1v) is 11.6. The molecule has 2 aliphatic heterocycles. The summed E-state index contributed by atoms with van der Waals surface area (Å²) < 4.78 is 26.6. The van der Waals surface area contributed by atoms with Gasteiger partial charge in [-0.25, -0.2) is 13.4 Å². The van der Waals surface area contributed by atoms with Crippen molar-refractivity contribution in [3.63, 3.8) is 0 Å². The maximum Gasteiger partial charge on any atom is 0.241 e. The fourth-order valence-electron chi connectivity index (χ4n) is 3.80. The Hall–Kier alpha value is -1.38. The first-order valence-electron chi connectivity index (χ1n) is 9.58. The zero-order valence-electron chi connectivity index (χ0n) is 15.7. The second-order valence-electron chi connectivity index (χ2n) is 7.07. The van der Waals surface area contributed by atoms with Crippen LogP contribution in [0.15, 0.2) is 18.2 Å². The van der Waals surface area contributed by atoms with Gasteiger partial charge in [-0.3, -0.25) is 4.79 Å². The fourth-order valence-corrected chi connectivity index (χ4v) is 5.70. The van der Waals surface area contributed by atoms with Gasteiger partial charge in [0.1, 0.15) is 17.0 Å². The number of piperazine rings is 1. The Labute approximate surface area is 166 Å². The second-order valence-corrected chi connectivity index (χ2v) is 9.50. The molecule has 1 aromatic heterocycles. The van der Waals surface area contributed by atoms with Crippen molar-refractivity contribution in [2.45, 2.75) is 38.6 Å². The summed E-state index contributed by atoms with van der Waals surface area (Å²) in [4.78, 5) is 21.3. The van der Waals surface area contributed by atoms with Crippen molar-refractivity contribution in [3.05, 3.63) is 23.4 Å². The molecule has 2 fully saturated rings. The van der Waals surface area contributed by atoms with Crippen molar-refractivity contribution in [1.29, 1.82) is 0 Å². The number of aromatic nitrogens is 1. The zero-order chi connectivity index (χ0) is 19.4. The number of halogens is 1. The molecule has 0 aromatic carbocycles. The van der Waals surface area contributed by atoms with E-state index < -0.39 is 16.1 Å². The molecular weight excluding hydrogens is 388 g/mol. The van der Waals surface area contributed by atoms with Crippen molar-refractivity contribution in [2.75, 3.05) is 43.4 Å². The lowest BCUT2D eigenvalue weighted by Crippen LogP contribution is -2.57. The first kappa shape index (κ1) is 20.4. The standard InChI is InChI=1S/C18H27ClN4O3S/c1-2-14-27(25,26)23-9-4-3-6-15(23)18(24)22-12-10-21(11-13-22)17-8-5-7-16(19)20-17/h5,7-8,15H,2-4,6,9-14H2,1H3. The average molecular weight is 415 g/mol. The smallest absolute Gasteiger partial charge is 0.241 e. The summed E-state index contributed by atoms with van der Waals surface area (Å²) in [6, 6.07) is 4.95. The molecule has 1 unspecified atom stereocenters. The highest BCUT2D eigenvalue weighted by atomic mass is 35.5. The highest BCUT2D eigenvalue weighted by molar-refractivity contribution is 7.89. The Balaban J connectivity index is 1.65. The number of rotatable bonds is 5. The van der Waals surface area contributed by atoms with Gasteiger partial charge in [0.15, 0.2) is 0 Å². The molecule has 2 saturated heterocycles. The molecule has 0 bridgehead atoms. The fraction of sp³-hybridized carbons (Fsp3) is 0.667. The highest BCUT2D eigenvalue weighted by Gasteiger charge is 2.38. The van der Waals surface area contributed by atoms with E-state index >= 15 is 0 Å². The molecule has 0 N–H and O–H groups in total. The summed E-state index contributed by atoms with van der Waals surface area (Å²) in [5, 5.41) is 0.449. The highest BCUT2D eigenvalue weighted by Crippen LogP contribution is 2.24. The van der Waals surface area contributed by atoms with Crippen molar-refractivity contribution < 1.29 is 13.2 Å². The van der Waals surface area contributed by atoms with Crippen LogP contribution in [0.25, 0.3) is 0 Å². The molecule has 2 aliphatic rings. The number of carbonyl (C=O) groups is 1. The molecule has 3 heterocycles. The first-order chi connectivity index (χ1) is 12.9. The largest absolute Gasteiger partial charge is 0.353 e. The molecule has 9 heteroatoms.